The molecule has 1 fully saturated rings. The highest BCUT2D eigenvalue weighted by Crippen LogP contribution is 2.31. The molecular weight excluding hydrogens is 454 g/mol. The van der Waals surface area contributed by atoms with Gasteiger partial charge in [-0.15, -0.1) is 11.3 Å². The molecule has 1 aliphatic heterocycles. The number of rotatable bonds is 7. The van der Waals surface area contributed by atoms with Crippen LogP contribution in [-0.2, 0) is 16.4 Å². The third kappa shape index (κ3) is 4.49. The van der Waals surface area contributed by atoms with Gasteiger partial charge in [-0.05, 0) is 68.1 Å². The van der Waals surface area contributed by atoms with Crippen molar-refractivity contribution in [1.29, 1.82) is 0 Å². The lowest BCUT2D eigenvalue weighted by atomic mass is 10.1. The molecule has 0 spiro atoms. The number of aromatic nitrogens is 1. The largest absolute Gasteiger partial charge is 0.356 e. The number of hydrogen-bond acceptors (Lipinski definition) is 6. The summed E-state index contributed by atoms with van der Waals surface area (Å²) in [5.74, 6) is 0. The van der Waals surface area contributed by atoms with E-state index in [0.717, 1.165) is 65.6 Å². The Morgan fingerprint density at radius 1 is 1.23 bits per heavy atom. The molecule has 1 N–H and O–H groups in total. The number of fused-ring (bicyclic) bond motifs is 2. The van der Waals surface area contributed by atoms with Gasteiger partial charge in [0.05, 0.1) is 5.69 Å². The van der Waals surface area contributed by atoms with Gasteiger partial charge in [-0.2, -0.15) is 0 Å². The van der Waals surface area contributed by atoms with Crippen molar-refractivity contribution in [2.45, 2.75) is 29.5 Å². The molecule has 1 saturated heterocycles. The zero-order chi connectivity index (χ0) is 21.4. The van der Waals surface area contributed by atoms with Crippen molar-refractivity contribution in [3.8, 4) is 0 Å². The van der Waals surface area contributed by atoms with Crippen molar-refractivity contribution in [2.24, 2.45) is 0 Å². The third-order valence-electron chi connectivity index (χ3n) is 5.66. The monoisotopic (exact) mass is 475 g/mol. The van der Waals surface area contributed by atoms with Gasteiger partial charge in [-0.3, -0.25) is 0 Å². The summed E-state index contributed by atoms with van der Waals surface area (Å²) in [5.41, 5.74) is 1.80. The zero-order valence-corrected chi connectivity index (χ0v) is 19.1. The molecule has 0 unspecified atom stereocenters. The van der Waals surface area contributed by atoms with Crippen LogP contribution in [0.25, 0.3) is 21.1 Å². The van der Waals surface area contributed by atoms with E-state index in [1.54, 1.807) is 18.2 Å². The minimum absolute atomic E-state index is 0.0771. The minimum atomic E-state index is -3.55. The lowest BCUT2D eigenvalue weighted by Gasteiger charge is -2.16. The Morgan fingerprint density at radius 2 is 2.10 bits per heavy atom. The van der Waals surface area contributed by atoms with E-state index in [2.05, 4.69) is 14.8 Å². The first-order chi connectivity index (χ1) is 15.0. The topological polar surface area (TPSA) is 75.4 Å². The summed E-state index contributed by atoms with van der Waals surface area (Å²) < 4.78 is 35.2. The molecule has 2 aromatic carbocycles. The molecule has 0 radical (unpaired) electrons. The van der Waals surface area contributed by atoms with Crippen LogP contribution in [0.1, 0.15) is 18.5 Å². The van der Waals surface area contributed by atoms with E-state index < -0.39 is 10.0 Å². The molecule has 9 heteroatoms. The van der Waals surface area contributed by atoms with E-state index in [-0.39, 0.29) is 6.04 Å². The summed E-state index contributed by atoms with van der Waals surface area (Å²) in [6.45, 7) is 2.51. The molecule has 1 aliphatic rings. The van der Waals surface area contributed by atoms with E-state index in [1.807, 2.05) is 30.3 Å². The van der Waals surface area contributed by atoms with Gasteiger partial charge >= 0.3 is 0 Å². The summed E-state index contributed by atoms with van der Waals surface area (Å²) >= 11 is 7.28. The van der Waals surface area contributed by atoms with Crippen LogP contribution in [0.2, 0.25) is 5.02 Å². The number of sulfonamides is 1. The number of thiophene rings is 1. The van der Waals surface area contributed by atoms with Crippen LogP contribution < -0.4 is 4.72 Å². The Labute approximate surface area is 189 Å². The van der Waals surface area contributed by atoms with Crippen molar-refractivity contribution < 1.29 is 12.9 Å². The molecule has 0 aliphatic carbocycles. The molecule has 6 nitrogen and oxygen atoms in total. The number of hydrogen-bond donors (Lipinski definition) is 1. The fraction of sp³-hybridized carbons (Fsp3) is 0.318. The normalized spacial score (nSPS) is 17.8. The van der Waals surface area contributed by atoms with Gasteiger partial charge < -0.3 is 9.42 Å². The van der Waals surface area contributed by atoms with Crippen LogP contribution >= 0.6 is 22.9 Å². The lowest BCUT2D eigenvalue weighted by Crippen LogP contribution is -2.36. The standard InChI is InChI=1S/C22H22ClN3O3S2/c23-16-8-7-15-12-22(30-21(15)13-16)31(27,28)25-17-9-11-26(14-17)10-3-5-19-18-4-1-2-6-20(18)29-24-19/h1-2,4,6-8,12-13,17,25H,3,5,9-11,14H2/t17-/m1/s1. The maximum atomic E-state index is 12.9. The third-order valence-corrected chi connectivity index (χ3v) is 8.99. The summed E-state index contributed by atoms with van der Waals surface area (Å²) in [7, 11) is -3.55. The van der Waals surface area contributed by atoms with Crippen LogP contribution in [0.15, 0.2) is 57.3 Å². The van der Waals surface area contributed by atoms with Crippen molar-refractivity contribution >= 4 is 54.0 Å². The molecule has 4 aromatic rings. The second kappa shape index (κ2) is 8.52. The van der Waals surface area contributed by atoms with Gasteiger partial charge in [0.1, 0.15) is 4.21 Å². The minimum Gasteiger partial charge on any atom is -0.356 e. The fourth-order valence-electron chi connectivity index (χ4n) is 4.11. The Hall–Kier alpha value is -1.97. The first-order valence-corrected chi connectivity index (χ1v) is 12.9. The number of nitrogens with one attached hydrogen (secondary N) is 1. The van der Waals surface area contributed by atoms with Crippen molar-refractivity contribution in [3.05, 3.63) is 59.2 Å². The van der Waals surface area contributed by atoms with Crippen molar-refractivity contribution in [1.82, 2.24) is 14.8 Å². The molecule has 0 amide bonds. The first kappa shape index (κ1) is 20.9. The van der Waals surface area contributed by atoms with Gasteiger partial charge in [0.2, 0.25) is 10.0 Å². The zero-order valence-electron chi connectivity index (χ0n) is 16.8. The van der Waals surface area contributed by atoms with Gasteiger partial charge in [0, 0.05) is 27.7 Å². The second-order valence-electron chi connectivity index (χ2n) is 7.88. The number of nitrogens with zero attached hydrogens (tertiary/aromatic N) is 2. The summed E-state index contributed by atoms with van der Waals surface area (Å²) in [6, 6.07) is 15.0. The maximum Gasteiger partial charge on any atom is 0.250 e. The predicted molar refractivity (Wildman–Crippen MR) is 124 cm³/mol. The molecular formula is C22H22ClN3O3S2. The Kier molecular flexibility index (Phi) is 5.75. The van der Waals surface area contributed by atoms with Gasteiger partial charge in [-0.25, -0.2) is 13.1 Å². The smallest absolute Gasteiger partial charge is 0.250 e. The fourth-order valence-corrected chi connectivity index (χ4v) is 7.06. The highest BCUT2D eigenvalue weighted by molar-refractivity contribution is 7.91. The van der Waals surface area contributed by atoms with Gasteiger partial charge in [0.25, 0.3) is 0 Å². The first-order valence-electron chi connectivity index (χ1n) is 10.2. The summed E-state index contributed by atoms with van der Waals surface area (Å²) in [5, 5.41) is 6.76. The summed E-state index contributed by atoms with van der Waals surface area (Å²) in [4.78, 5) is 2.31. The van der Waals surface area contributed by atoms with E-state index in [0.29, 0.717) is 9.23 Å². The number of benzene rings is 2. The average molecular weight is 476 g/mol. The molecule has 31 heavy (non-hydrogen) atoms. The van der Waals surface area contributed by atoms with Crippen molar-refractivity contribution in [3.63, 3.8) is 0 Å². The van der Waals surface area contributed by atoms with Crippen LogP contribution in [-0.4, -0.2) is 44.2 Å². The van der Waals surface area contributed by atoms with Crippen molar-refractivity contribution in [2.75, 3.05) is 19.6 Å². The van der Waals surface area contributed by atoms with Crippen LogP contribution in [0.4, 0.5) is 0 Å². The molecule has 2 aromatic heterocycles. The second-order valence-corrected chi connectivity index (χ2v) is 11.3. The molecule has 0 saturated carbocycles. The maximum absolute atomic E-state index is 12.9. The van der Waals surface area contributed by atoms with E-state index in [1.165, 1.54) is 11.3 Å². The number of halogens is 1. The molecule has 162 valence electrons. The molecule has 0 bridgehead atoms. The highest BCUT2D eigenvalue weighted by atomic mass is 35.5. The average Bonchev–Trinajstić information content (AvgIpc) is 3.46. The molecule has 5 rings (SSSR count). The number of aryl methyl sites for hydroxylation is 1. The van der Waals surface area contributed by atoms with Crippen LogP contribution in [0, 0.1) is 0 Å². The summed E-state index contributed by atoms with van der Waals surface area (Å²) in [6.07, 6.45) is 2.60. The van der Waals surface area contributed by atoms with Crippen LogP contribution in [0.5, 0.6) is 0 Å². The predicted octanol–water partition coefficient (Wildman–Crippen LogP) is 4.68. The molecule has 3 heterocycles. The van der Waals surface area contributed by atoms with Gasteiger partial charge in [-0.1, -0.05) is 35.0 Å². The van der Waals surface area contributed by atoms with Gasteiger partial charge in [0.15, 0.2) is 5.58 Å². The van der Waals surface area contributed by atoms with Crippen LogP contribution in [0.3, 0.4) is 0 Å². The molecule has 1 atom stereocenters. The highest BCUT2D eigenvalue weighted by Gasteiger charge is 2.28. The number of likely N-dealkylation sites (tertiary alicyclic amines) is 1. The quantitative estimate of drug-likeness (QED) is 0.420. The van der Waals surface area contributed by atoms with E-state index in [9.17, 15) is 8.42 Å². The Morgan fingerprint density at radius 3 is 3.00 bits per heavy atom. The Balaban J connectivity index is 1.16. The lowest BCUT2D eigenvalue weighted by molar-refractivity contribution is 0.326. The number of para-hydroxylation sites is 1. The van der Waals surface area contributed by atoms with E-state index in [4.69, 9.17) is 16.1 Å². The van der Waals surface area contributed by atoms with E-state index >= 15 is 0 Å². The SMILES string of the molecule is O=S(=O)(N[C@@H]1CCN(CCCc2noc3ccccc23)C1)c1cc2ccc(Cl)cc2s1. The Bertz CT molecular complexity index is 1330.